The number of hydrogen-bond donors (Lipinski definition) is 1. The van der Waals surface area contributed by atoms with Crippen LogP contribution in [0, 0.1) is 5.82 Å². The van der Waals surface area contributed by atoms with E-state index in [2.05, 4.69) is 4.72 Å². The summed E-state index contributed by atoms with van der Waals surface area (Å²) in [7, 11) is -2.46. The highest BCUT2D eigenvalue weighted by atomic mass is 35.5. The normalized spacial score (nSPS) is 20.9. The Morgan fingerprint density at radius 3 is 2.62 bits per heavy atom. The van der Waals surface area contributed by atoms with Gasteiger partial charge in [0.25, 0.3) is 0 Å². The van der Waals surface area contributed by atoms with Crippen molar-refractivity contribution in [3.05, 3.63) is 70.0 Å². The molecule has 2 aromatic rings. The van der Waals surface area contributed by atoms with Crippen LogP contribution in [0.2, 0.25) is 5.02 Å². The number of nitrogens with zero attached hydrogens (tertiary/aromatic N) is 1. The number of hydroxylamine groups is 2. The van der Waals surface area contributed by atoms with Crippen LogP contribution in [0.4, 0.5) is 17.6 Å². The van der Waals surface area contributed by atoms with Crippen molar-refractivity contribution in [2.45, 2.75) is 24.0 Å². The molecule has 1 N–H and O–H groups in total. The van der Waals surface area contributed by atoms with Crippen LogP contribution < -0.4 is 4.72 Å². The van der Waals surface area contributed by atoms with Gasteiger partial charge in [-0.15, -0.1) is 0 Å². The summed E-state index contributed by atoms with van der Waals surface area (Å²) in [6.07, 6.45) is -4.52. The van der Waals surface area contributed by atoms with Crippen molar-refractivity contribution in [1.29, 1.82) is 0 Å². The minimum Gasteiger partial charge on any atom is -0.297 e. The van der Waals surface area contributed by atoms with Crippen LogP contribution >= 0.6 is 11.6 Å². The molecular weight excluding hydrogens is 436 g/mol. The molecule has 0 spiro atoms. The zero-order valence-corrected chi connectivity index (χ0v) is 16.7. The summed E-state index contributed by atoms with van der Waals surface area (Å²) in [6, 6.07) is 7.49. The molecule has 11 heteroatoms. The molecule has 1 saturated heterocycles. The van der Waals surface area contributed by atoms with Gasteiger partial charge < -0.3 is 0 Å². The van der Waals surface area contributed by atoms with Gasteiger partial charge in [-0.3, -0.25) is 4.84 Å². The second-order valence-electron chi connectivity index (χ2n) is 6.56. The average molecular weight is 453 g/mol. The summed E-state index contributed by atoms with van der Waals surface area (Å²) in [5.74, 6) is -0.640. The highest BCUT2D eigenvalue weighted by molar-refractivity contribution is 7.90. The van der Waals surface area contributed by atoms with Gasteiger partial charge in [0.15, 0.2) is 0 Å². The molecule has 158 valence electrons. The summed E-state index contributed by atoms with van der Waals surface area (Å²) in [5.41, 5.74) is -0.264. The Hall–Kier alpha value is -1.72. The van der Waals surface area contributed by atoms with Crippen molar-refractivity contribution in [2.75, 3.05) is 13.7 Å². The minimum absolute atomic E-state index is 0.157. The topological polar surface area (TPSA) is 58.6 Å². The summed E-state index contributed by atoms with van der Waals surface area (Å²) in [6.45, 7) is -0.489. The van der Waals surface area contributed by atoms with Gasteiger partial charge in [-0.2, -0.15) is 18.2 Å². The van der Waals surface area contributed by atoms with Gasteiger partial charge in [-0.05, 0) is 29.3 Å². The Labute approximate surface area is 170 Å². The van der Waals surface area contributed by atoms with Gasteiger partial charge in [0.2, 0.25) is 10.0 Å². The first-order chi connectivity index (χ1) is 13.5. The van der Waals surface area contributed by atoms with Crippen LogP contribution in [0.3, 0.4) is 0 Å². The van der Waals surface area contributed by atoms with Crippen LogP contribution in [-0.2, 0) is 27.6 Å². The van der Waals surface area contributed by atoms with Gasteiger partial charge in [-0.25, -0.2) is 17.5 Å². The van der Waals surface area contributed by atoms with Crippen molar-refractivity contribution in [3.63, 3.8) is 0 Å². The van der Waals surface area contributed by atoms with E-state index in [1.165, 1.54) is 36.4 Å². The zero-order valence-electron chi connectivity index (χ0n) is 15.1. The predicted octanol–water partition coefficient (Wildman–Crippen LogP) is 3.90. The highest BCUT2D eigenvalue weighted by Gasteiger charge is 2.43. The van der Waals surface area contributed by atoms with Crippen LogP contribution in [0.15, 0.2) is 42.5 Å². The maximum absolute atomic E-state index is 13.5. The molecule has 2 atom stereocenters. The quantitative estimate of drug-likeness (QED) is 0.699. The van der Waals surface area contributed by atoms with Crippen LogP contribution in [0.25, 0.3) is 0 Å². The first-order valence-corrected chi connectivity index (χ1v) is 10.4. The monoisotopic (exact) mass is 452 g/mol. The summed E-state index contributed by atoms with van der Waals surface area (Å²) >= 11 is 5.80. The van der Waals surface area contributed by atoms with Crippen molar-refractivity contribution >= 4 is 21.6 Å². The third kappa shape index (κ3) is 4.89. The standard InChI is InChI=1S/C18H17ClF4N2O3S/c1-25-17(12-5-6-15(20)14(19)8-12)16(10-28-25)29(26,27)24-9-11-3-2-4-13(7-11)18(21,22)23/h2-8,16-17,24H,9-10H2,1H3/t16-,17-/m1/s1. The second kappa shape index (κ2) is 8.19. The average Bonchev–Trinajstić information content (AvgIpc) is 3.04. The second-order valence-corrected chi connectivity index (χ2v) is 8.95. The molecule has 0 aliphatic carbocycles. The Morgan fingerprint density at radius 2 is 1.97 bits per heavy atom. The molecule has 0 bridgehead atoms. The maximum Gasteiger partial charge on any atom is 0.416 e. The SMILES string of the molecule is CN1OC[C@@H](S(=O)(=O)NCc2cccc(C(F)(F)F)c2)[C@H]1c1ccc(F)c(Cl)c1. The van der Waals surface area contributed by atoms with Crippen molar-refractivity contribution in [2.24, 2.45) is 0 Å². The van der Waals surface area contributed by atoms with Gasteiger partial charge in [-0.1, -0.05) is 35.9 Å². The van der Waals surface area contributed by atoms with Crippen LogP contribution in [-0.4, -0.2) is 32.4 Å². The Balaban J connectivity index is 1.80. The molecule has 0 aromatic heterocycles. The molecule has 0 saturated carbocycles. The van der Waals surface area contributed by atoms with E-state index >= 15 is 0 Å². The minimum atomic E-state index is -4.52. The fourth-order valence-corrected chi connectivity index (χ4v) is 4.80. The Morgan fingerprint density at radius 1 is 1.24 bits per heavy atom. The molecule has 5 nitrogen and oxygen atoms in total. The van der Waals surface area contributed by atoms with E-state index in [0.29, 0.717) is 5.56 Å². The van der Waals surface area contributed by atoms with Crippen LogP contribution in [0.1, 0.15) is 22.7 Å². The number of hydrogen-bond acceptors (Lipinski definition) is 4. The van der Waals surface area contributed by atoms with Crippen molar-refractivity contribution in [3.8, 4) is 0 Å². The van der Waals surface area contributed by atoms with Gasteiger partial charge >= 0.3 is 6.18 Å². The Kier molecular flexibility index (Phi) is 6.21. The first-order valence-electron chi connectivity index (χ1n) is 8.44. The van der Waals surface area contributed by atoms with Gasteiger partial charge in [0.05, 0.1) is 23.2 Å². The third-order valence-electron chi connectivity index (χ3n) is 4.60. The number of sulfonamides is 1. The lowest BCUT2D eigenvalue weighted by atomic mass is 10.0. The fourth-order valence-electron chi connectivity index (χ4n) is 3.13. The van der Waals surface area contributed by atoms with Gasteiger partial charge in [0, 0.05) is 13.6 Å². The van der Waals surface area contributed by atoms with Crippen LogP contribution in [0.5, 0.6) is 0 Å². The largest absolute Gasteiger partial charge is 0.416 e. The lowest BCUT2D eigenvalue weighted by molar-refractivity contribution is -0.137. The predicted molar refractivity (Wildman–Crippen MR) is 98.9 cm³/mol. The first kappa shape index (κ1) is 22.0. The van der Waals surface area contributed by atoms with E-state index in [0.717, 1.165) is 18.2 Å². The lowest BCUT2D eigenvalue weighted by Gasteiger charge is -2.23. The third-order valence-corrected chi connectivity index (χ3v) is 6.63. The maximum atomic E-state index is 13.5. The number of rotatable bonds is 5. The van der Waals surface area contributed by atoms with E-state index in [-0.39, 0.29) is 23.7 Å². The molecule has 0 radical (unpaired) electrons. The molecule has 1 heterocycles. The summed E-state index contributed by atoms with van der Waals surface area (Å²) in [5, 5.41) is 0.105. The molecule has 0 amide bonds. The molecule has 1 aliphatic heterocycles. The van der Waals surface area contributed by atoms with E-state index < -0.39 is 38.9 Å². The number of alkyl halides is 3. The number of halogens is 5. The van der Waals surface area contributed by atoms with E-state index in [9.17, 15) is 26.0 Å². The smallest absolute Gasteiger partial charge is 0.297 e. The zero-order chi connectivity index (χ0) is 21.4. The Bertz CT molecular complexity index is 1000. The number of benzene rings is 2. The molecule has 1 aliphatic rings. The van der Waals surface area contributed by atoms with E-state index in [4.69, 9.17) is 16.4 Å². The van der Waals surface area contributed by atoms with Gasteiger partial charge in [0.1, 0.15) is 11.1 Å². The lowest BCUT2D eigenvalue weighted by Crippen LogP contribution is -2.39. The fraction of sp³-hybridized carbons (Fsp3) is 0.333. The molecule has 29 heavy (non-hydrogen) atoms. The van der Waals surface area contributed by atoms with Crippen molar-refractivity contribution < 1.29 is 30.8 Å². The molecule has 2 aromatic carbocycles. The number of nitrogens with one attached hydrogen (secondary N) is 1. The van der Waals surface area contributed by atoms with Crippen molar-refractivity contribution in [1.82, 2.24) is 9.79 Å². The van der Waals surface area contributed by atoms with E-state index in [1.807, 2.05) is 0 Å². The highest BCUT2D eigenvalue weighted by Crippen LogP contribution is 2.35. The summed E-state index contributed by atoms with van der Waals surface area (Å²) < 4.78 is 79.9. The molecule has 0 unspecified atom stereocenters. The van der Waals surface area contributed by atoms with E-state index in [1.54, 1.807) is 0 Å². The molecular formula is C18H17ClF4N2O3S. The summed E-state index contributed by atoms with van der Waals surface area (Å²) in [4.78, 5) is 5.33. The molecule has 1 fully saturated rings. The molecule has 3 rings (SSSR count).